The van der Waals surface area contributed by atoms with E-state index in [0.717, 1.165) is 11.1 Å². The molecule has 0 aliphatic carbocycles. The van der Waals surface area contributed by atoms with Gasteiger partial charge >= 0.3 is 0 Å². The molecule has 5 nitrogen and oxygen atoms in total. The van der Waals surface area contributed by atoms with Crippen molar-refractivity contribution in [3.63, 3.8) is 0 Å². The number of nitrogens with zero attached hydrogens (tertiary/aromatic N) is 1. The normalized spacial score (nSPS) is 11.7. The van der Waals surface area contributed by atoms with E-state index in [9.17, 15) is 14.7 Å². The quantitative estimate of drug-likeness (QED) is 0.440. The zero-order chi connectivity index (χ0) is 21.4. The van der Waals surface area contributed by atoms with Gasteiger partial charge in [0, 0.05) is 23.5 Å². The van der Waals surface area contributed by atoms with Gasteiger partial charge in [0.25, 0.3) is 5.91 Å². The van der Waals surface area contributed by atoms with E-state index in [1.165, 1.54) is 0 Å². The Hall–Kier alpha value is -2.60. The van der Waals surface area contributed by atoms with Crippen molar-refractivity contribution in [2.75, 3.05) is 11.9 Å². The van der Waals surface area contributed by atoms with Crippen LogP contribution >= 0.6 is 15.9 Å². The van der Waals surface area contributed by atoms with Crippen molar-refractivity contribution >= 4 is 27.7 Å². The number of nitrogens with one attached hydrogen (secondary N) is 1. The highest BCUT2D eigenvalue weighted by atomic mass is 79.9. The number of aromatic hydroxyl groups is 1. The third kappa shape index (κ3) is 6.19. The maximum atomic E-state index is 13.2. The molecular formula is C23H27BrN2O3. The third-order valence-corrected chi connectivity index (χ3v) is 5.22. The van der Waals surface area contributed by atoms with Crippen LogP contribution in [-0.2, 0) is 16.0 Å². The number of amides is 2. The monoisotopic (exact) mass is 458 g/mol. The molecule has 0 bridgehead atoms. The van der Waals surface area contributed by atoms with E-state index >= 15 is 0 Å². The molecule has 29 heavy (non-hydrogen) atoms. The van der Waals surface area contributed by atoms with Crippen molar-refractivity contribution < 1.29 is 14.7 Å². The van der Waals surface area contributed by atoms with Crippen molar-refractivity contribution in [2.24, 2.45) is 0 Å². The highest BCUT2D eigenvalue weighted by Gasteiger charge is 2.33. The van der Waals surface area contributed by atoms with Crippen molar-refractivity contribution in [1.82, 2.24) is 10.2 Å². The summed E-state index contributed by atoms with van der Waals surface area (Å²) in [7, 11) is 0. The first-order chi connectivity index (χ1) is 13.8. The lowest BCUT2D eigenvalue weighted by Crippen LogP contribution is -2.47. The Labute approximate surface area is 180 Å². The van der Waals surface area contributed by atoms with Gasteiger partial charge in [0.2, 0.25) is 5.91 Å². The number of phenolic OH excluding ortho intramolecular Hbond substituents is 1. The predicted molar refractivity (Wildman–Crippen MR) is 119 cm³/mol. The zero-order valence-corrected chi connectivity index (χ0v) is 18.4. The van der Waals surface area contributed by atoms with Crippen LogP contribution in [0, 0.1) is 0 Å². The third-order valence-electron chi connectivity index (χ3n) is 4.55. The first-order valence-corrected chi connectivity index (χ1v) is 10.6. The fourth-order valence-electron chi connectivity index (χ4n) is 3.05. The molecule has 0 saturated carbocycles. The Kier molecular flexibility index (Phi) is 8.46. The molecule has 2 N–H and O–H groups in total. The number of benzene rings is 2. The van der Waals surface area contributed by atoms with Crippen LogP contribution in [0.2, 0.25) is 0 Å². The molecule has 0 fully saturated rings. The van der Waals surface area contributed by atoms with Crippen LogP contribution in [0.4, 0.5) is 0 Å². The number of carbonyl (C=O) groups is 2. The van der Waals surface area contributed by atoms with Gasteiger partial charge in [0.05, 0.1) is 0 Å². The summed E-state index contributed by atoms with van der Waals surface area (Å²) in [4.78, 5) is 27.7. The van der Waals surface area contributed by atoms with E-state index in [1.807, 2.05) is 56.3 Å². The summed E-state index contributed by atoms with van der Waals surface area (Å²) in [6, 6.07) is 15.2. The lowest BCUT2D eigenvalue weighted by molar-refractivity contribution is -0.140. The van der Waals surface area contributed by atoms with Gasteiger partial charge in [-0.25, -0.2) is 0 Å². The number of alkyl halides is 1. The van der Waals surface area contributed by atoms with Crippen LogP contribution in [0.5, 0.6) is 5.75 Å². The van der Waals surface area contributed by atoms with E-state index in [2.05, 4.69) is 27.8 Å². The molecule has 0 aromatic heterocycles. The van der Waals surface area contributed by atoms with Crippen LogP contribution < -0.4 is 5.32 Å². The second kappa shape index (κ2) is 10.8. The van der Waals surface area contributed by atoms with E-state index in [4.69, 9.17) is 0 Å². The smallest absolute Gasteiger partial charge is 0.251 e. The fourth-order valence-corrected chi connectivity index (χ4v) is 3.29. The van der Waals surface area contributed by atoms with E-state index < -0.39 is 6.04 Å². The molecule has 0 saturated heterocycles. The van der Waals surface area contributed by atoms with Gasteiger partial charge < -0.3 is 15.3 Å². The van der Waals surface area contributed by atoms with Crippen molar-refractivity contribution in [3.05, 3.63) is 77.9 Å². The highest BCUT2D eigenvalue weighted by molar-refractivity contribution is 9.09. The van der Waals surface area contributed by atoms with Gasteiger partial charge in [-0.2, -0.15) is 0 Å². The topological polar surface area (TPSA) is 69.6 Å². The molecule has 2 aromatic carbocycles. The molecule has 0 spiro atoms. The Morgan fingerprint density at radius 1 is 1.10 bits per heavy atom. The summed E-state index contributed by atoms with van der Waals surface area (Å²) < 4.78 is 0. The van der Waals surface area contributed by atoms with Crippen LogP contribution in [-0.4, -0.2) is 39.7 Å². The SMILES string of the molecule is C=C(CBr)C(=O)N(C(C)C)C(C(=O)NCCc1ccc(O)cc1)c1ccccc1. The summed E-state index contributed by atoms with van der Waals surface area (Å²) >= 11 is 3.28. The number of halogens is 1. The maximum absolute atomic E-state index is 13.2. The maximum Gasteiger partial charge on any atom is 0.251 e. The Morgan fingerprint density at radius 2 is 1.72 bits per heavy atom. The van der Waals surface area contributed by atoms with Crippen LogP contribution in [0.1, 0.15) is 31.0 Å². The van der Waals surface area contributed by atoms with Crippen LogP contribution in [0.25, 0.3) is 0 Å². The van der Waals surface area contributed by atoms with E-state index in [-0.39, 0.29) is 23.6 Å². The number of hydrogen-bond donors (Lipinski definition) is 2. The molecule has 1 unspecified atom stereocenters. The second-order valence-corrected chi connectivity index (χ2v) is 7.62. The molecule has 1 atom stereocenters. The lowest BCUT2D eigenvalue weighted by atomic mass is 10.0. The minimum Gasteiger partial charge on any atom is -0.508 e. The van der Waals surface area contributed by atoms with E-state index in [0.29, 0.717) is 23.9 Å². The van der Waals surface area contributed by atoms with Gasteiger partial charge in [0.15, 0.2) is 0 Å². The second-order valence-electron chi connectivity index (χ2n) is 7.06. The number of rotatable bonds is 9. The summed E-state index contributed by atoms with van der Waals surface area (Å²) in [5, 5.41) is 12.7. The molecule has 2 aromatic rings. The average Bonchev–Trinajstić information content (AvgIpc) is 2.72. The standard InChI is InChI=1S/C23H27BrN2O3/c1-16(2)26(23(29)17(3)15-24)21(19-7-5-4-6-8-19)22(28)25-14-13-18-9-11-20(27)12-10-18/h4-12,16,21,27H,3,13-15H2,1-2H3,(H,25,28). The molecule has 2 amide bonds. The van der Waals surface area contributed by atoms with Gasteiger partial charge in [-0.1, -0.05) is 65.0 Å². The molecule has 0 aliphatic heterocycles. The summed E-state index contributed by atoms with van der Waals surface area (Å²) in [6.45, 7) is 8.03. The highest BCUT2D eigenvalue weighted by Crippen LogP contribution is 2.25. The molecule has 2 rings (SSSR count). The minimum absolute atomic E-state index is 0.189. The number of carbonyl (C=O) groups excluding carboxylic acids is 2. The summed E-state index contributed by atoms with van der Waals surface area (Å²) in [5.41, 5.74) is 2.15. The van der Waals surface area contributed by atoms with Crippen LogP contribution in [0.15, 0.2) is 66.7 Å². The Bertz CT molecular complexity index is 835. The van der Waals surface area contributed by atoms with Gasteiger partial charge in [0.1, 0.15) is 11.8 Å². The molecular weight excluding hydrogens is 432 g/mol. The van der Waals surface area contributed by atoms with Crippen molar-refractivity contribution in [2.45, 2.75) is 32.4 Å². The summed E-state index contributed by atoms with van der Waals surface area (Å²) in [6.07, 6.45) is 0.622. The predicted octanol–water partition coefficient (Wildman–Crippen LogP) is 3.98. The molecule has 0 radical (unpaired) electrons. The molecule has 6 heteroatoms. The first kappa shape index (κ1) is 22.7. The minimum atomic E-state index is -0.751. The average molecular weight is 459 g/mol. The number of hydrogen-bond acceptors (Lipinski definition) is 3. The number of phenols is 1. The van der Waals surface area contributed by atoms with Crippen molar-refractivity contribution in [3.8, 4) is 5.75 Å². The largest absolute Gasteiger partial charge is 0.508 e. The van der Waals surface area contributed by atoms with E-state index in [1.54, 1.807) is 17.0 Å². The Morgan fingerprint density at radius 3 is 2.28 bits per heavy atom. The van der Waals surface area contributed by atoms with Crippen molar-refractivity contribution in [1.29, 1.82) is 0 Å². The molecule has 154 valence electrons. The Balaban J connectivity index is 2.22. The van der Waals surface area contributed by atoms with Gasteiger partial charge in [-0.3, -0.25) is 9.59 Å². The fraction of sp³-hybridized carbons (Fsp3) is 0.304. The lowest BCUT2D eigenvalue weighted by Gasteiger charge is -2.35. The first-order valence-electron chi connectivity index (χ1n) is 9.52. The molecule has 0 aliphatic rings. The summed E-state index contributed by atoms with van der Waals surface area (Å²) in [5.74, 6) is -0.279. The zero-order valence-electron chi connectivity index (χ0n) is 16.8. The van der Waals surface area contributed by atoms with Gasteiger partial charge in [-0.15, -0.1) is 0 Å². The van der Waals surface area contributed by atoms with Gasteiger partial charge in [-0.05, 0) is 43.5 Å². The molecule has 0 heterocycles. The van der Waals surface area contributed by atoms with Crippen LogP contribution in [0.3, 0.4) is 0 Å².